The molecule has 1 N–H and O–H groups in total. The Hall–Kier alpha value is -1.87. The van der Waals surface area contributed by atoms with Gasteiger partial charge in [0.2, 0.25) is 5.91 Å². The second kappa shape index (κ2) is 7.41. The summed E-state index contributed by atoms with van der Waals surface area (Å²) in [4.78, 5) is 25.2. The van der Waals surface area contributed by atoms with E-state index in [9.17, 15) is 9.59 Å². The predicted molar refractivity (Wildman–Crippen MR) is 84.9 cm³/mol. The lowest BCUT2D eigenvalue weighted by atomic mass is 9.88. The number of fused-ring (bicyclic) bond motifs is 1. The summed E-state index contributed by atoms with van der Waals surface area (Å²) in [5.74, 6) is -0.187. The molecule has 2 rings (SSSR count). The van der Waals surface area contributed by atoms with E-state index in [1.165, 1.54) is 11.3 Å². The number of hydrogen-bond donors (Lipinski definition) is 1. The van der Waals surface area contributed by atoms with E-state index in [0.29, 0.717) is 23.1 Å². The lowest BCUT2D eigenvalue weighted by molar-refractivity contribution is -0.115. The number of ether oxygens (including phenoxy) is 1. The zero-order valence-corrected chi connectivity index (χ0v) is 13.7. The maximum atomic E-state index is 12.3. The van der Waals surface area contributed by atoms with Gasteiger partial charge in [-0.2, -0.15) is 5.26 Å². The van der Waals surface area contributed by atoms with E-state index in [1.807, 2.05) is 13.0 Å². The third-order valence-corrected chi connectivity index (χ3v) is 4.82. The molecule has 1 aliphatic rings. The number of nitriles is 1. The molecule has 0 bridgehead atoms. The van der Waals surface area contributed by atoms with Crippen LogP contribution in [0, 0.1) is 17.2 Å². The van der Waals surface area contributed by atoms with Crippen LogP contribution in [0.15, 0.2) is 0 Å². The van der Waals surface area contributed by atoms with Crippen molar-refractivity contribution in [2.45, 2.75) is 46.0 Å². The highest BCUT2D eigenvalue weighted by molar-refractivity contribution is 7.17. The lowest BCUT2D eigenvalue weighted by Gasteiger charge is -2.18. The molecule has 0 aliphatic heterocycles. The van der Waals surface area contributed by atoms with Crippen LogP contribution in [-0.4, -0.2) is 18.5 Å². The van der Waals surface area contributed by atoms with Gasteiger partial charge < -0.3 is 10.1 Å². The molecule has 1 heterocycles. The third kappa shape index (κ3) is 3.66. The summed E-state index contributed by atoms with van der Waals surface area (Å²) >= 11 is 1.44. The van der Waals surface area contributed by atoms with Crippen LogP contribution < -0.4 is 5.32 Å². The molecule has 0 aromatic carbocycles. The van der Waals surface area contributed by atoms with Crippen molar-refractivity contribution in [1.29, 1.82) is 5.26 Å². The molecule has 1 aromatic heterocycles. The minimum absolute atomic E-state index is 0.220. The number of esters is 1. The van der Waals surface area contributed by atoms with Gasteiger partial charge in [-0.05, 0) is 37.2 Å². The maximum absolute atomic E-state index is 12.3. The molecule has 0 saturated carbocycles. The summed E-state index contributed by atoms with van der Waals surface area (Å²) in [7, 11) is 0. The van der Waals surface area contributed by atoms with Crippen LogP contribution in [0.1, 0.15) is 53.9 Å². The van der Waals surface area contributed by atoms with Crippen molar-refractivity contribution in [1.82, 2.24) is 0 Å². The SMILES string of the molecule is CCCOC(=O)c1c(NC(=O)CC#N)sc2c1CC[C@H](C)C2. The smallest absolute Gasteiger partial charge is 0.341 e. The molecule has 0 saturated heterocycles. The number of nitrogens with one attached hydrogen (secondary N) is 1. The normalized spacial score (nSPS) is 16.5. The molecule has 0 unspecified atom stereocenters. The third-order valence-electron chi connectivity index (χ3n) is 3.65. The zero-order chi connectivity index (χ0) is 16.1. The Balaban J connectivity index is 2.32. The largest absolute Gasteiger partial charge is 0.462 e. The van der Waals surface area contributed by atoms with E-state index in [-0.39, 0.29) is 12.4 Å². The summed E-state index contributed by atoms with van der Waals surface area (Å²) in [6.45, 7) is 4.49. The highest BCUT2D eigenvalue weighted by Gasteiger charge is 2.29. The Bertz CT molecular complexity index is 616. The van der Waals surface area contributed by atoms with Crippen molar-refractivity contribution in [2.75, 3.05) is 11.9 Å². The van der Waals surface area contributed by atoms with Crippen molar-refractivity contribution in [2.24, 2.45) is 5.92 Å². The van der Waals surface area contributed by atoms with E-state index >= 15 is 0 Å². The van der Waals surface area contributed by atoms with E-state index in [0.717, 1.165) is 36.1 Å². The van der Waals surface area contributed by atoms with Crippen LogP contribution in [0.5, 0.6) is 0 Å². The first-order valence-corrected chi connectivity index (χ1v) is 8.36. The molecule has 118 valence electrons. The van der Waals surface area contributed by atoms with Gasteiger partial charge >= 0.3 is 5.97 Å². The van der Waals surface area contributed by atoms with Crippen molar-refractivity contribution in [3.05, 3.63) is 16.0 Å². The fourth-order valence-corrected chi connectivity index (χ4v) is 3.98. The van der Waals surface area contributed by atoms with Crippen LogP contribution in [0.3, 0.4) is 0 Å². The van der Waals surface area contributed by atoms with Crippen LogP contribution >= 0.6 is 11.3 Å². The summed E-state index contributed by atoms with van der Waals surface area (Å²) < 4.78 is 5.26. The van der Waals surface area contributed by atoms with Gasteiger partial charge in [0.1, 0.15) is 11.4 Å². The van der Waals surface area contributed by atoms with Gasteiger partial charge in [0.25, 0.3) is 0 Å². The molecular weight excluding hydrogens is 300 g/mol. The molecule has 1 aliphatic carbocycles. The van der Waals surface area contributed by atoms with Crippen LogP contribution in [0.2, 0.25) is 0 Å². The number of nitrogens with zero attached hydrogens (tertiary/aromatic N) is 1. The van der Waals surface area contributed by atoms with E-state index in [4.69, 9.17) is 10.00 Å². The van der Waals surface area contributed by atoms with E-state index in [2.05, 4.69) is 12.2 Å². The monoisotopic (exact) mass is 320 g/mol. The number of hydrogen-bond acceptors (Lipinski definition) is 5. The van der Waals surface area contributed by atoms with Gasteiger partial charge in [-0.25, -0.2) is 4.79 Å². The fourth-order valence-electron chi connectivity index (χ4n) is 2.56. The Labute approximate surface area is 134 Å². The second-order valence-corrected chi connectivity index (χ2v) is 6.68. The number of rotatable bonds is 5. The summed E-state index contributed by atoms with van der Waals surface area (Å²) in [6.07, 6.45) is 3.32. The van der Waals surface area contributed by atoms with Crippen molar-refractivity contribution in [3.63, 3.8) is 0 Å². The fraction of sp³-hybridized carbons (Fsp3) is 0.562. The number of amides is 1. The Kier molecular flexibility index (Phi) is 5.56. The summed E-state index contributed by atoms with van der Waals surface area (Å²) in [5, 5.41) is 11.8. The molecule has 5 nitrogen and oxygen atoms in total. The van der Waals surface area contributed by atoms with Gasteiger partial charge in [-0.1, -0.05) is 13.8 Å². The Morgan fingerprint density at radius 1 is 1.50 bits per heavy atom. The average Bonchev–Trinajstić information content (AvgIpc) is 2.81. The Morgan fingerprint density at radius 2 is 2.27 bits per heavy atom. The molecule has 22 heavy (non-hydrogen) atoms. The number of thiophene rings is 1. The molecular formula is C16H20N2O3S. The zero-order valence-electron chi connectivity index (χ0n) is 12.9. The number of anilines is 1. The lowest BCUT2D eigenvalue weighted by Crippen LogP contribution is -2.16. The summed E-state index contributed by atoms with van der Waals surface area (Å²) in [5.41, 5.74) is 1.50. The topological polar surface area (TPSA) is 79.2 Å². The van der Waals surface area contributed by atoms with Gasteiger partial charge in [-0.15, -0.1) is 11.3 Å². The molecule has 1 atom stereocenters. The molecule has 1 amide bonds. The molecule has 6 heteroatoms. The molecule has 0 radical (unpaired) electrons. The standard InChI is InChI=1S/C16H20N2O3S/c1-3-8-21-16(20)14-11-5-4-10(2)9-12(11)22-15(14)18-13(19)6-7-17/h10H,3-6,8-9H2,1-2H3,(H,18,19)/t10-/m0/s1. The molecule has 1 aromatic rings. The predicted octanol–water partition coefficient (Wildman–Crippen LogP) is 3.29. The molecule has 0 spiro atoms. The first-order chi connectivity index (χ1) is 10.6. The second-order valence-electron chi connectivity index (χ2n) is 5.57. The van der Waals surface area contributed by atoms with Gasteiger partial charge in [0, 0.05) is 4.88 Å². The van der Waals surface area contributed by atoms with Crippen molar-refractivity contribution < 1.29 is 14.3 Å². The number of carbonyl (C=O) groups is 2. The van der Waals surface area contributed by atoms with Crippen molar-refractivity contribution in [3.8, 4) is 6.07 Å². The highest BCUT2D eigenvalue weighted by atomic mass is 32.1. The average molecular weight is 320 g/mol. The summed E-state index contributed by atoms with van der Waals surface area (Å²) in [6, 6.07) is 1.82. The quantitative estimate of drug-likeness (QED) is 0.844. The van der Waals surface area contributed by atoms with E-state index in [1.54, 1.807) is 0 Å². The minimum atomic E-state index is -0.390. The van der Waals surface area contributed by atoms with Gasteiger partial charge in [0.15, 0.2) is 0 Å². The minimum Gasteiger partial charge on any atom is -0.462 e. The highest BCUT2D eigenvalue weighted by Crippen LogP contribution is 2.40. The number of carbonyl (C=O) groups excluding carboxylic acids is 2. The van der Waals surface area contributed by atoms with Crippen LogP contribution in [-0.2, 0) is 22.4 Å². The van der Waals surface area contributed by atoms with Crippen LogP contribution in [0.25, 0.3) is 0 Å². The van der Waals surface area contributed by atoms with E-state index < -0.39 is 5.91 Å². The maximum Gasteiger partial charge on any atom is 0.341 e. The first kappa shape index (κ1) is 16.5. The first-order valence-electron chi connectivity index (χ1n) is 7.55. The van der Waals surface area contributed by atoms with Crippen molar-refractivity contribution >= 4 is 28.2 Å². The van der Waals surface area contributed by atoms with Crippen LogP contribution in [0.4, 0.5) is 5.00 Å². The van der Waals surface area contributed by atoms with Gasteiger partial charge in [-0.3, -0.25) is 4.79 Å². The molecule has 0 fully saturated rings. The Morgan fingerprint density at radius 3 is 2.95 bits per heavy atom. The van der Waals surface area contributed by atoms with Gasteiger partial charge in [0.05, 0.1) is 18.2 Å².